The molecule has 9 heteroatoms. The van der Waals surface area contributed by atoms with Crippen LogP contribution in [0.2, 0.25) is 0 Å². The number of rotatable bonds is 6. The van der Waals surface area contributed by atoms with E-state index < -0.39 is 0 Å². The van der Waals surface area contributed by atoms with Crippen LogP contribution in [0.1, 0.15) is 12.7 Å². The summed E-state index contributed by atoms with van der Waals surface area (Å²) in [6, 6.07) is 10.1. The van der Waals surface area contributed by atoms with Gasteiger partial charge in [0.25, 0.3) is 5.89 Å². The third kappa shape index (κ3) is 3.40. The lowest BCUT2D eigenvalue weighted by Crippen LogP contribution is -1.99. The molecule has 3 heterocycles. The molecule has 3 aromatic heterocycles. The highest BCUT2D eigenvalue weighted by Gasteiger charge is 2.16. The summed E-state index contributed by atoms with van der Waals surface area (Å²) in [5.74, 6) is 1.84. The first-order valence-corrected chi connectivity index (χ1v) is 9.79. The summed E-state index contributed by atoms with van der Waals surface area (Å²) < 4.78 is 20.6. The van der Waals surface area contributed by atoms with Gasteiger partial charge in [0.15, 0.2) is 16.8 Å². The first kappa shape index (κ1) is 16.9. The Morgan fingerprint density at radius 3 is 2.92 bits per heavy atom. The van der Waals surface area contributed by atoms with E-state index in [1.54, 1.807) is 23.5 Å². The summed E-state index contributed by atoms with van der Waals surface area (Å²) in [6.07, 6.45) is 0. The molecular weight excluding hydrogens is 373 g/mol. The number of hydrogen-bond acceptors (Lipinski definition) is 7. The molecule has 4 rings (SSSR count). The van der Waals surface area contributed by atoms with Gasteiger partial charge in [-0.3, -0.25) is 0 Å². The van der Waals surface area contributed by atoms with E-state index in [1.807, 2.05) is 17.5 Å². The monoisotopic (exact) mass is 387 g/mol. The minimum Gasteiger partial charge on any atom is -0.334 e. The second kappa shape index (κ2) is 7.38. The quantitative estimate of drug-likeness (QED) is 0.454. The molecule has 1 aromatic carbocycles. The van der Waals surface area contributed by atoms with Gasteiger partial charge >= 0.3 is 0 Å². The second-order valence-corrected chi connectivity index (χ2v) is 7.23. The van der Waals surface area contributed by atoms with E-state index in [9.17, 15) is 4.39 Å². The molecule has 132 valence electrons. The van der Waals surface area contributed by atoms with Crippen LogP contribution in [0.5, 0.6) is 0 Å². The minimum atomic E-state index is -0.339. The van der Waals surface area contributed by atoms with E-state index in [2.05, 4.69) is 31.8 Å². The van der Waals surface area contributed by atoms with Crippen molar-refractivity contribution in [3.05, 3.63) is 53.4 Å². The van der Waals surface area contributed by atoms with E-state index >= 15 is 0 Å². The Hall–Kier alpha value is -2.52. The van der Waals surface area contributed by atoms with Crippen LogP contribution in [0, 0.1) is 5.82 Å². The number of aromatic nitrogens is 5. The zero-order valence-electron chi connectivity index (χ0n) is 13.8. The number of hydrogen-bond donors (Lipinski definition) is 0. The molecule has 0 unspecified atom stereocenters. The molecule has 26 heavy (non-hydrogen) atoms. The molecule has 0 bridgehead atoms. The van der Waals surface area contributed by atoms with Crippen LogP contribution in [0.3, 0.4) is 0 Å². The van der Waals surface area contributed by atoms with Crippen molar-refractivity contribution in [1.82, 2.24) is 24.9 Å². The van der Waals surface area contributed by atoms with Crippen molar-refractivity contribution in [2.75, 3.05) is 0 Å². The van der Waals surface area contributed by atoms with Crippen molar-refractivity contribution in [2.45, 2.75) is 24.4 Å². The molecule has 4 aromatic rings. The largest absolute Gasteiger partial charge is 0.334 e. The highest BCUT2D eigenvalue weighted by Crippen LogP contribution is 2.28. The van der Waals surface area contributed by atoms with Crippen molar-refractivity contribution in [2.24, 2.45) is 0 Å². The Morgan fingerprint density at radius 2 is 2.15 bits per heavy atom. The fourth-order valence-electron chi connectivity index (χ4n) is 2.45. The summed E-state index contributed by atoms with van der Waals surface area (Å²) in [5, 5.41) is 15.4. The lowest BCUT2D eigenvalue weighted by molar-refractivity contribution is 0.425. The smallest absolute Gasteiger partial charge is 0.258 e. The van der Waals surface area contributed by atoms with E-state index in [0.29, 0.717) is 23.0 Å². The van der Waals surface area contributed by atoms with Crippen LogP contribution in [0.15, 0.2) is 51.5 Å². The van der Waals surface area contributed by atoms with E-state index in [1.165, 1.54) is 23.9 Å². The van der Waals surface area contributed by atoms with Crippen LogP contribution in [0.4, 0.5) is 4.39 Å². The molecule has 0 N–H and O–H groups in total. The topological polar surface area (TPSA) is 69.6 Å². The van der Waals surface area contributed by atoms with Crippen LogP contribution in [0.25, 0.3) is 22.2 Å². The standard InChI is InChI=1S/C17H14FN5OS2/c1-2-23-15(13-7-4-8-25-13)20-21-17(23)26-10-14-19-16(24-22-14)11-5-3-6-12(18)9-11/h3-9H,2,10H2,1H3. The molecule has 0 radical (unpaired) electrons. The fraction of sp³-hybridized carbons (Fsp3) is 0.176. The molecule has 0 aliphatic rings. The van der Waals surface area contributed by atoms with Gasteiger partial charge in [-0.25, -0.2) is 4.39 Å². The van der Waals surface area contributed by atoms with Crippen molar-refractivity contribution in [3.8, 4) is 22.2 Å². The number of benzene rings is 1. The maximum atomic E-state index is 13.3. The Balaban J connectivity index is 1.50. The molecule has 0 saturated heterocycles. The molecule has 0 atom stereocenters. The first-order valence-electron chi connectivity index (χ1n) is 7.93. The number of nitrogens with zero attached hydrogens (tertiary/aromatic N) is 5. The molecule has 0 aliphatic carbocycles. The Labute approximate surface area is 157 Å². The summed E-state index contributed by atoms with van der Waals surface area (Å²) in [7, 11) is 0. The van der Waals surface area contributed by atoms with Crippen LogP contribution in [-0.4, -0.2) is 24.9 Å². The Morgan fingerprint density at radius 1 is 1.23 bits per heavy atom. The highest BCUT2D eigenvalue weighted by molar-refractivity contribution is 7.98. The molecule has 6 nitrogen and oxygen atoms in total. The summed E-state index contributed by atoms with van der Waals surface area (Å²) in [5.41, 5.74) is 0.561. The maximum Gasteiger partial charge on any atom is 0.258 e. The van der Waals surface area contributed by atoms with Gasteiger partial charge in [-0.15, -0.1) is 21.5 Å². The number of thiophene rings is 1. The summed E-state index contributed by atoms with van der Waals surface area (Å²) in [6.45, 7) is 2.82. The average molecular weight is 387 g/mol. The van der Waals surface area contributed by atoms with E-state index in [0.717, 1.165) is 22.4 Å². The van der Waals surface area contributed by atoms with Gasteiger partial charge in [0.05, 0.1) is 10.6 Å². The van der Waals surface area contributed by atoms with Gasteiger partial charge in [0, 0.05) is 12.1 Å². The van der Waals surface area contributed by atoms with E-state index in [4.69, 9.17) is 4.52 Å². The molecule has 0 amide bonds. The zero-order valence-corrected chi connectivity index (χ0v) is 15.4. The summed E-state index contributed by atoms with van der Waals surface area (Å²) >= 11 is 3.12. The van der Waals surface area contributed by atoms with Gasteiger partial charge in [-0.05, 0) is 36.6 Å². The molecular formula is C17H14FN5OS2. The highest BCUT2D eigenvalue weighted by atomic mass is 32.2. The predicted octanol–water partition coefficient (Wildman–Crippen LogP) is 4.51. The van der Waals surface area contributed by atoms with Gasteiger partial charge in [-0.2, -0.15) is 4.98 Å². The minimum absolute atomic E-state index is 0.302. The molecule has 0 spiro atoms. The molecule has 0 fully saturated rings. The van der Waals surface area contributed by atoms with Crippen molar-refractivity contribution < 1.29 is 8.91 Å². The molecule has 0 aliphatic heterocycles. The van der Waals surface area contributed by atoms with Gasteiger partial charge < -0.3 is 9.09 Å². The normalized spacial score (nSPS) is 11.2. The first-order chi connectivity index (χ1) is 12.7. The van der Waals surface area contributed by atoms with Crippen molar-refractivity contribution in [3.63, 3.8) is 0 Å². The molecule has 0 saturated carbocycles. The van der Waals surface area contributed by atoms with Crippen molar-refractivity contribution >= 4 is 23.1 Å². The van der Waals surface area contributed by atoms with Gasteiger partial charge in [-0.1, -0.05) is 29.1 Å². The lowest BCUT2D eigenvalue weighted by atomic mass is 10.2. The zero-order chi connectivity index (χ0) is 17.9. The lowest BCUT2D eigenvalue weighted by Gasteiger charge is -2.04. The predicted molar refractivity (Wildman–Crippen MR) is 98.3 cm³/mol. The van der Waals surface area contributed by atoms with Gasteiger partial charge in [0.1, 0.15) is 5.82 Å². The summed E-state index contributed by atoms with van der Waals surface area (Å²) in [4.78, 5) is 5.41. The maximum absolute atomic E-state index is 13.3. The van der Waals surface area contributed by atoms with Crippen molar-refractivity contribution in [1.29, 1.82) is 0 Å². The van der Waals surface area contributed by atoms with Crippen LogP contribution >= 0.6 is 23.1 Å². The SMILES string of the molecule is CCn1c(SCc2noc(-c3cccc(F)c3)n2)nnc1-c1cccs1. The third-order valence-electron chi connectivity index (χ3n) is 3.64. The average Bonchev–Trinajstić information content (AvgIpc) is 3.39. The van der Waals surface area contributed by atoms with Crippen LogP contribution < -0.4 is 0 Å². The van der Waals surface area contributed by atoms with Gasteiger partial charge in [0.2, 0.25) is 0 Å². The van der Waals surface area contributed by atoms with E-state index in [-0.39, 0.29) is 5.82 Å². The number of thioether (sulfide) groups is 1. The fourth-order valence-corrected chi connectivity index (χ4v) is 4.01. The third-order valence-corrected chi connectivity index (χ3v) is 5.47. The second-order valence-electron chi connectivity index (χ2n) is 5.34. The van der Waals surface area contributed by atoms with Crippen LogP contribution in [-0.2, 0) is 12.3 Å². The number of halogens is 1. The Kier molecular flexibility index (Phi) is 4.81. The Bertz CT molecular complexity index is 1010.